The number of ether oxygens (including phenoxy) is 3. The maximum atomic E-state index is 11.5. The average molecular weight is 318 g/mol. The molecule has 0 radical (unpaired) electrons. The summed E-state index contributed by atoms with van der Waals surface area (Å²) >= 11 is 0. The molecule has 0 aliphatic heterocycles. The molecule has 2 N–H and O–H groups in total. The maximum Gasteiger partial charge on any atom is 0.207 e. The van der Waals surface area contributed by atoms with E-state index in [1.165, 1.54) is 14.2 Å². The van der Waals surface area contributed by atoms with E-state index in [0.29, 0.717) is 29.8 Å². The van der Waals surface area contributed by atoms with Gasteiger partial charge < -0.3 is 24.4 Å². The molecule has 0 saturated heterocycles. The summed E-state index contributed by atoms with van der Waals surface area (Å²) in [5.41, 5.74) is 0.730. The molecule has 2 aromatic carbocycles. The minimum Gasteiger partial charge on any atom is -0.504 e. The van der Waals surface area contributed by atoms with Crippen molar-refractivity contribution in [2.24, 2.45) is 0 Å². The van der Waals surface area contributed by atoms with Crippen molar-refractivity contribution in [3.05, 3.63) is 29.8 Å². The third kappa shape index (κ3) is 2.75. The van der Waals surface area contributed by atoms with Crippen molar-refractivity contribution in [3.63, 3.8) is 0 Å². The number of rotatable bonds is 6. The fourth-order valence-electron chi connectivity index (χ4n) is 2.42. The molecule has 2 aromatic rings. The molecular formula is C17H18O6. The van der Waals surface area contributed by atoms with Crippen LogP contribution < -0.4 is 14.2 Å². The fraction of sp³-hybridized carbons (Fsp3) is 0.235. The summed E-state index contributed by atoms with van der Waals surface area (Å²) in [7, 11) is 2.71. The summed E-state index contributed by atoms with van der Waals surface area (Å²) in [5, 5.41) is 20.2. The fourth-order valence-corrected chi connectivity index (χ4v) is 2.42. The van der Waals surface area contributed by atoms with Gasteiger partial charge in [-0.25, -0.2) is 0 Å². The molecule has 0 amide bonds. The molecule has 0 aliphatic rings. The highest BCUT2D eigenvalue weighted by Crippen LogP contribution is 2.53. The molecule has 6 heteroatoms. The highest BCUT2D eigenvalue weighted by Gasteiger charge is 2.27. The van der Waals surface area contributed by atoms with Crippen molar-refractivity contribution in [2.75, 3.05) is 20.8 Å². The first-order valence-electron chi connectivity index (χ1n) is 6.97. The summed E-state index contributed by atoms with van der Waals surface area (Å²) in [6.45, 7) is 2.26. The van der Waals surface area contributed by atoms with Crippen LogP contribution in [0.4, 0.5) is 0 Å². The molecule has 0 spiro atoms. The highest BCUT2D eigenvalue weighted by atomic mass is 16.5. The van der Waals surface area contributed by atoms with Crippen LogP contribution >= 0.6 is 0 Å². The minimum atomic E-state index is -0.570. The molecule has 0 unspecified atom stereocenters. The molecule has 2 rings (SSSR count). The number of phenolic OH excluding ortho intramolecular Hbond substituents is 2. The van der Waals surface area contributed by atoms with Gasteiger partial charge in [-0.3, -0.25) is 4.79 Å². The number of hydrogen-bond donors (Lipinski definition) is 2. The monoisotopic (exact) mass is 318 g/mol. The number of para-hydroxylation sites is 1. The predicted octanol–water partition coefficient (Wildman–Crippen LogP) is 2.99. The van der Waals surface area contributed by atoms with Gasteiger partial charge in [0.1, 0.15) is 5.75 Å². The number of phenols is 2. The Morgan fingerprint density at radius 1 is 1.04 bits per heavy atom. The normalized spacial score (nSPS) is 10.2. The molecule has 0 saturated carbocycles. The van der Waals surface area contributed by atoms with E-state index in [-0.39, 0.29) is 17.1 Å². The summed E-state index contributed by atoms with van der Waals surface area (Å²) < 4.78 is 16.0. The number of carbonyl (C=O) groups is 1. The quantitative estimate of drug-likeness (QED) is 0.629. The Morgan fingerprint density at radius 2 is 1.70 bits per heavy atom. The molecule has 0 aliphatic carbocycles. The van der Waals surface area contributed by atoms with E-state index < -0.39 is 11.5 Å². The maximum absolute atomic E-state index is 11.5. The van der Waals surface area contributed by atoms with Crippen molar-refractivity contribution in [1.29, 1.82) is 0 Å². The smallest absolute Gasteiger partial charge is 0.207 e. The number of carbonyl (C=O) groups excluding carboxylic acids is 1. The van der Waals surface area contributed by atoms with Crippen molar-refractivity contribution in [3.8, 4) is 39.9 Å². The van der Waals surface area contributed by atoms with Gasteiger partial charge in [-0.1, -0.05) is 18.2 Å². The molecule has 0 fully saturated rings. The van der Waals surface area contributed by atoms with Gasteiger partial charge >= 0.3 is 0 Å². The van der Waals surface area contributed by atoms with Crippen LogP contribution in [0, 0.1) is 0 Å². The van der Waals surface area contributed by atoms with Crippen molar-refractivity contribution in [1.82, 2.24) is 0 Å². The van der Waals surface area contributed by atoms with E-state index in [9.17, 15) is 15.0 Å². The molecule has 0 heterocycles. The predicted molar refractivity (Wildman–Crippen MR) is 84.9 cm³/mol. The van der Waals surface area contributed by atoms with Crippen LogP contribution in [0.2, 0.25) is 0 Å². The van der Waals surface area contributed by atoms with Crippen molar-refractivity contribution >= 4 is 6.29 Å². The average Bonchev–Trinajstić information content (AvgIpc) is 2.57. The van der Waals surface area contributed by atoms with E-state index in [4.69, 9.17) is 14.2 Å². The van der Waals surface area contributed by atoms with Gasteiger partial charge in [-0.15, -0.1) is 0 Å². The lowest BCUT2D eigenvalue weighted by molar-refractivity contribution is 0.112. The number of aldehydes is 1. The topological polar surface area (TPSA) is 85.2 Å². The Kier molecular flexibility index (Phi) is 4.95. The standard InChI is InChI=1S/C17H18O6/c1-4-23-12-8-6-5-7-10(12)13-11(9-18)14(19)15(20)17(22-3)16(13)21-2/h5-9,19-20H,4H2,1-3H3. The number of aromatic hydroxyl groups is 2. The van der Waals surface area contributed by atoms with Gasteiger partial charge in [-0.2, -0.15) is 0 Å². The molecular weight excluding hydrogens is 300 g/mol. The third-order valence-corrected chi connectivity index (χ3v) is 3.38. The summed E-state index contributed by atoms with van der Waals surface area (Å²) in [4.78, 5) is 11.5. The van der Waals surface area contributed by atoms with Crippen LogP contribution in [0.1, 0.15) is 17.3 Å². The second-order valence-electron chi connectivity index (χ2n) is 4.60. The van der Waals surface area contributed by atoms with Crippen molar-refractivity contribution in [2.45, 2.75) is 6.92 Å². The first kappa shape index (κ1) is 16.5. The van der Waals surface area contributed by atoms with E-state index >= 15 is 0 Å². The second kappa shape index (κ2) is 6.91. The van der Waals surface area contributed by atoms with E-state index in [0.717, 1.165) is 0 Å². The first-order valence-corrected chi connectivity index (χ1v) is 6.97. The largest absolute Gasteiger partial charge is 0.504 e. The lowest BCUT2D eigenvalue weighted by atomic mass is 9.96. The lowest BCUT2D eigenvalue weighted by Crippen LogP contribution is -2.01. The highest BCUT2D eigenvalue weighted by molar-refractivity contribution is 5.98. The van der Waals surface area contributed by atoms with E-state index in [1.807, 2.05) is 6.92 Å². The van der Waals surface area contributed by atoms with E-state index in [2.05, 4.69) is 0 Å². The van der Waals surface area contributed by atoms with Crippen LogP contribution in [0.25, 0.3) is 11.1 Å². The zero-order chi connectivity index (χ0) is 17.0. The zero-order valence-electron chi connectivity index (χ0n) is 13.1. The molecule has 0 aromatic heterocycles. The third-order valence-electron chi connectivity index (χ3n) is 3.38. The second-order valence-corrected chi connectivity index (χ2v) is 4.60. The van der Waals surface area contributed by atoms with Gasteiger partial charge in [0.15, 0.2) is 17.8 Å². The number of methoxy groups -OCH3 is 2. The Hall–Kier alpha value is -2.89. The van der Waals surface area contributed by atoms with Crippen LogP contribution in [0.5, 0.6) is 28.7 Å². The molecule has 0 atom stereocenters. The molecule has 6 nitrogen and oxygen atoms in total. The molecule has 23 heavy (non-hydrogen) atoms. The number of hydrogen-bond acceptors (Lipinski definition) is 6. The molecule has 122 valence electrons. The van der Waals surface area contributed by atoms with E-state index in [1.54, 1.807) is 24.3 Å². The Labute approximate surface area is 133 Å². The Balaban J connectivity index is 2.90. The van der Waals surface area contributed by atoms with Gasteiger partial charge in [0, 0.05) is 11.1 Å². The van der Waals surface area contributed by atoms with Crippen LogP contribution in [-0.2, 0) is 0 Å². The molecule has 0 bridgehead atoms. The van der Waals surface area contributed by atoms with Gasteiger partial charge in [0.05, 0.1) is 26.4 Å². The van der Waals surface area contributed by atoms with Crippen molar-refractivity contribution < 1.29 is 29.2 Å². The van der Waals surface area contributed by atoms with Gasteiger partial charge in [0.25, 0.3) is 0 Å². The minimum absolute atomic E-state index is 0.0584. The van der Waals surface area contributed by atoms with Crippen LogP contribution in [0.3, 0.4) is 0 Å². The number of benzene rings is 2. The Bertz CT molecular complexity index is 724. The van der Waals surface area contributed by atoms with Gasteiger partial charge in [-0.05, 0) is 13.0 Å². The van der Waals surface area contributed by atoms with Crippen LogP contribution in [-0.4, -0.2) is 37.3 Å². The Morgan fingerprint density at radius 3 is 2.26 bits per heavy atom. The lowest BCUT2D eigenvalue weighted by Gasteiger charge is -2.19. The first-order chi connectivity index (χ1) is 11.1. The SMILES string of the molecule is CCOc1ccccc1-c1c(C=O)c(O)c(O)c(OC)c1OC. The zero-order valence-corrected chi connectivity index (χ0v) is 13.1. The van der Waals surface area contributed by atoms with Gasteiger partial charge in [0.2, 0.25) is 11.5 Å². The summed E-state index contributed by atoms with van der Waals surface area (Å²) in [6.07, 6.45) is 0.453. The van der Waals surface area contributed by atoms with Crippen LogP contribution in [0.15, 0.2) is 24.3 Å². The summed E-state index contributed by atoms with van der Waals surface area (Å²) in [5.74, 6) is -0.527. The summed E-state index contributed by atoms with van der Waals surface area (Å²) in [6, 6.07) is 7.02.